The van der Waals surface area contributed by atoms with Crippen LogP contribution in [0.4, 0.5) is 10.1 Å². The zero-order chi connectivity index (χ0) is 23.4. The number of amides is 1. The quantitative estimate of drug-likeness (QED) is 0.376. The summed E-state index contributed by atoms with van der Waals surface area (Å²) in [4.78, 5) is 30.4. The van der Waals surface area contributed by atoms with E-state index in [-0.39, 0.29) is 22.8 Å². The molecule has 1 amide bonds. The van der Waals surface area contributed by atoms with Crippen LogP contribution < -0.4 is 5.32 Å². The molecule has 0 radical (unpaired) electrons. The van der Waals surface area contributed by atoms with Gasteiger partial charge in [-0.15, -0.1) is 0 Å². The summed E-state index contributed by atoms with van der Waals surface area (Å²) in [5.74, 6) is 0.156. The molecule has 1 heterocycles. The standard InChI is InChI=1S/C27H24FN3O2/c1-18(2)26-29-14-15-31(26)17-19-6-5-7-22(16-19)30-27(33)24-9-4-3-8-23(24)25(32)20-10-12-21(28)13-11-20/h3-16,18H,17H2,1-2H3,(H,30,33). The molecule has 5 nitrogen and oxygen atoms in total. The highest BCUT2D eigenvalue weighted by Gasteiger charge is 2.18. The van der Waals surface area contributed by atoms with Crippen molar-refractivity contribution in [3.05, 3.63) is 119 Å². The molecule has 1 aromatic heterocycles. The van der Waals surface area contributed by atoms with E-state index in [1.807, 2.05) is 30.5 Å². The molecule has 0 aliphatic heterocycles. The Morgan fingerprint density at radius 1 is 0.970 bits per heavy atom. The monoisotopic (exact) mass is 441 g/mol. The Balaban J connectivity index is 1.55. The minimum Gasteiger partial charge on any atom is -0.330 e. The van der Waals surface area contributed by atoms with E-state index in [1.54, 1.807) is 30.5 Å². The van der Waals surface area contributed by atoms with Crippen molar-refractivity contribution < 1.29 is 14.0 Å². The van der Waals surface area contributed by atoms with Crippen molar-refractivity contribution in [2.24, 2.45) is 0 Å². The van der Waals surface area contributed by atoms with Crippen LogP contribution in [0.5, 0.6) is 0 Å². The molecule has 3 aromatic carbocycles. The summed E-state index contributed by atoms with van der Waals surface area (Å²) in [6.07, 6.45) is 3.73. The molecule has 0 aliphatic rings. The molecule has 0 saturated carbocycles. The Kier molecular flexibility index (Phi) is 6.45. The van der Waals surface area contributed by atoms with E-state index < -0.39 is 5.82 Å². The lowest BCUT2D eigenvalue weighted by Crippen LogP contribution is -2.17. The van der Waals surface area contributed by atoms with E-state index in [0.29, 0.717) is 23.7 Å². The molecule has 0 bridgehead atoms. The Bertz CT molecular complexity index is 1290. The minimum atomic E-state index is -0.423. The molecule has 0 spiro atoms. The summed E-state index contributed by atoms with van der Waals surface area (Å²) in [7, 11) is 0. The third kappa shape index (κ3) is 5.06. The molecule has 0 saturated heterocycles. The van der Waals surface area contributed by atoms with Crippen molar-refractivity contribution in [3.63, 3.8) is 0 Å². The van der Waals surface area contributed by atoms with E-state index in [0.717, 1.165) is 11.4 Å². The number of anilines is 1. The van der Waals surface area contributed by atoms with Gasteiger partial charge in [0.25, 0.3) is 5.91 Å². The second-order valence-electron chi connectivity index (χ2n) is 8.10. The van der Waals surface area contributed by atoms with Crippen LogP contribution in [-0.4, -0.2) is 21.2 Å². The van der Waals surface area contributed by atoms with Crippen LogP contribution in [0.1, 0.15) is 57.4 Å². The summed E-state index contributed by atoms with van der Waals surface area (Å²) in [6, 6.07) is 19.5. The number of benzene rings is 3. The van der Waals surface area contributed by atoms with Gasteiger partial charge in [-0.25, -0.2) is 9.37 Å². The Hall–Kier alpha value is -4.06. The van der Waals surface area contributed by atoms with Crippen molar-refractivity contribution in [2.75, 3.05) is 5.32 Å². The number of nitrogens with one attached hydrogen (secondary N) is 1. The highest BCUT2D eigenvalue weighted by atomic mass is 19.1. The van der Waals surface area contributed by atoms with Crippen molar-refractivity contribution >= 4 is 17.4 Å². The minimum absolute atomic E-state index is 0.258. The molecule has 4 rings (SSSR count). The van der Waals surface area contributed by atoms with Gasteiger partial charge in [0.2, 0.25) is 0 Å². The van der Waals surface area contributed by atoms with Gasteiger partial charge >= 0.3 is 0 Å². The third-order valence-corrected chi connectivity index (χ3v) is 5.32. The predicted octanol–water partition coefficient (Wildman–Crippen LogP) is 5.68. The lowest BCUT2D eigenvalue weighted by Gasteiger charge is -2.13. The Morgan fingerprint density at radius 3 is 2.42 bits per heavy atom. The largest absolute Gasteiger partial charge is 0.330 e. The highest BCUT2D eigenvalue weighted by molar-refractivity contribution is 6.17. The van der Waals surface area contributed by atoms with Crippen LogP contribution in [0.15, 0.2) is 85.2 Å². The van der Waals surface area contributed by atoms with Crippen LogP contribution in [0, 0.1) is 5.82 Å². The third-order valence-electron chi connectivity index (χ3n) is 5.32. The van der Waals surface area contributed by atoms with E-state index >= 15 is 0 Å². The van der Waals surface area contributed by atoms with Gasteiger partial charge in [0, 0.05) is 41.7 Å². The molecule has 4 aromatic rings. The van der Waals surface area contributed by atoms with Gasteiger partial charge < -0.3 is 9.88 Å². The number of rotatable bonds is 7. The average molecular weight is 442 g/mol. The maximum atomic E-state index is 13.2. The normalized spacial score (nSPS) is 10.9. The number of carbonyl (C=O) groups is 2. The zero-order valence-electron chi connectivity index (χ0n) is 18.5. The molecule has 166 valence electrons. The summed E-state index contributed by atoms with van der Waals surface area (Å²) >= 11 is 0. The Labute approximate surface area is 191 Å². The van der Waals surface area contributed by atoms with E-state index in [1.165, 1.54) is 24.3 Å². The maximum absolute atomic E-state index is 13.2. The first-order chi connectivity index (χ1) is 15.9. The molecule has 0 fully saturated rings. The van der Waals surface area contributed by atoms with E-state index in [2.05, 4.69) is 28.7 Å². The Morgan fingerprint density at radius 2 is 1.70 bits per heavy atom. The van der Waals surface area contributed by atoms with Crippen molar-refractivity contribution in [1.29, 1.82) is 0 Å². The first-order valence-corrected chi connectivity index (χ1v) is 10.7. The number of halogens is 1. The van der Waals surface area contributed by atoms with Crippen LogP contribution in [0.3, 0.4) is 0 Å². The summed E-state index contributed by atoms with van der Waals surface area (Å²) in [6.45, 7) is 4.83. The van der Waals surface area contributed by atoms with E-state index in [4.69, 9.17) is 0 Å². The van der Waals surface area contributed by atoms with E-state index in [9.17, 15) is 14.0 Å². The number of hydrogen-bond donors (Lipinski definition) is 1. The number of nitrogens with zero attached hydrogens (tertiary/aromatic N) is 2. The second-order valence-corrected chi connectivity index (χ2v) is 8.10. The summed E-state index contributed by atoms with van der Waals surface area (Å²) in [5.41, 5.74) is 2.49. The van der Waals surface area contributed by atoms with Gasteiger partial charge in [0.1, 0.15) is 11.6 Å². The number of carbonyl (C=O) groups excluding carboxylic acids is 2. The molecule has 0 unspecified atom stereocenters. The number of hydrogen-bond acceptors (Lipinski definition) is 3. The van der Waals surface area contributed by atoms with Gasteiger partial charge in [-0.05, 0) is 48.0 Å². The fourth-order valence-electron chi connectivity index (χ4n) is 3.73. The molecule has 6 heteroatoms. The maximum Gasteiger partial charge on any atom is 0.256 e. The van der Waals surface area contributed by atoms with Gasteiger partial charge in [0.05, 0.1) is 5.56 Å². The highest BCUT2D eigenvalue weighted by Crippen LogP contribution is 2.20. The fraction of sp³-hybridized carbons (Fsp3) is 0.148. The topological polar surface area (TPSA) is 64.0 Å². The summed E-state index contributed by atoms with van der Waals surface area (Å²) < 4.78 is 15.3. The van der Waals surface area contributed by atoms with Crippen LogP contribution in [0.2, 0.25) is 0 Å². The van der Waals surface area contributed by atoms with Crippen LogP contribution >= 0.6 is 0 Å². The molecule has 0 atom stereocenters. The molecular formula is C27H24FN3O2. The SMILES string of the molecule is CC(C)c1nccn1Cc1cccc(NC(=O)c2ccccc2C(=O)c2ccc(F)cc2)c1. The van der Waals surface area contributed by atoms with Crippen molar-refractivity contribution in [2.45, 2.75) is 26.3 Å². The van der Waals surface area contributed by atoms with Crippen LogP contribution in [-0.2, 0) is 6.54 Å². The predicted molar refractivity (Wildman–Crippen MR) is 126 cm³/mol. The van der Waals surface area contributed by atoms with Crippen LogP contribution in [0.25, 0.3) is 0 Å². The lowest BCUT2D eigenvalue weighted by molar-refractivity contribution is 0.0996. The smallest absolute Gasteiger partial charge is 0.256 e. The number of ketones is 1. The summed E-state index contributed by atoms with van der Waals surface area (Å²) in [5, 5.41) is 2.90. The van der Waals surface area contributed by atoms with Gasteiger partial charge in [0.15, 0.2) is 5.78 Å². The average Bonchev–Trinajstić information content (AvgIpc) is 3.28. The number of imidazole rings is 1. The molecule has 1 N–H and O–H groups in total. The fourth-order valence-corrected chi connectivity index (χ4v) is 3.73. The van der Waals surface area contributed by atoms with Crippen molar-refractivity contribution in [1.82, 2.24) is 9.55 Å². The molecule has 33 heavy (non-hydrogen) atoms. The molecular weight excluding hydrogens is 417 g/mol. The first kappa shape index (κ1) is 22.1. The van der Waals surface area contributed by atoms with Crippen molar-refractivity contribution in [3.8, 4) is 0 Å². The van der Waals surface area contributed by atoms with Gasteiger partial charge in [-0.1, -0.05) is 44.2 Å². The first-order valence-electron chi connectivity index (χ1n) is 10.7. The molecule has 0 aliphatic carbocycles. The van der Waals surface area contributed by atoms with Gasteiger partial charge in [-0.2, -0.15) is 0 Å². The second kappa shape index (κ2) is 9.61. The zero-order valence-corrected chi connectivity index (χ0v) is 18.5. The van der Waals surface area contributed by atoms with Gasteiger partial charge in [-0.3, -0.25) is 9.59 Å². The lowest BCUT2D eigenvalue weighted by atomic mass is 9.98. The number of aromatic nitrogens is 2.